The lowest BCUT2D eigenvalue weighted by Gasteiger charge is -2.31. The van der Waals surface area contributed by atoms with E-state index in [1.807, 2.05) is 19.1 Å². The second-order valence-corrected chi connectivity index (χ2v) is 8.62. The van der Waals surface area contributed by atoms with Gasteiger partial charge < -0.3 is 8.94 Å². The Bertz CT molecular complexity index is 1100. The number of amides is 1. The molecule has 0 bridgehead atoms. The smallest absolute Gasteiger partial charge is 0.257 e. The molecule has 3 aromatic rings. The van der Waals surface area contributed by atoms with Gasteiger partial charge in [0.1, 0.15) is 11.8 Å². The van der Waals surface area contributed by atoms with Gasteiger partial charge in [0.15, 0.2) is 5.82 Å². The minimum Gasteiger partial charge on any atom is -0.467 e. The maximum absolute atomic E-state index is 13.3. The van der Waals surface area contributed by atoms with Crippen LogP contribution in [0.4, 0.5) is 0 Å². The van der Waals surface area contributed by atoms with E-state index in [0.29, 0.717) is 24.7 Å². The summed E-state index contributed by atoms with van der Waals surface area (Å²) in [5, 5.41) is 10.2. The molecule has 4 heterocycles. The third-order valence-electron chi connectivity index (χ3n) is 6.26. The van der Waals surface area contributed by atoms with Crippen molar-refractivity contribution in [2.24, 2.45) is 5.10 Å². The summed E-state index contributed by atoms with van der Waals surface area (Å²) in [5.41, 5.74) is 3.14. The van der Waals surface area contributed by atoms with Gasteiger partial charge in [-0.25, -0.2) is 5.01 Å². The molecule has 1 atom stereocenters. The molecule has 8 nitrogen and oxygen atoms in total. The molecule has 5 rings (SSSR count). The SMILES string of the molecule is Cc1ccc(C2=NN(C(=O)CN3CCC(c4nc(C)no4)CC3)[C@H](c3ccco3)C2)cc1. The predicted molar refractivity (Wildman–Crippen MR) is 118 cm³/mol. The quantitative estimate of drug-likeness (QED) is 0.608. The molecule has 0 radical (unpaired) electrons. The maximum atomic E-state index is 13.3. The number of aryl methyl sites for hydroxylation is 2. The van der Waals surface area contributed by atoms with Crippen molar-refractivity contribution in [3.63, 3.8) is 0 Å². The summed E-state index contributed by atoms with van der Waals surface area (Å²) in [5.74, 6) is 2.38. The highest BCUT2D eigenvalue weighted by Crippen LogP contribution is 2.34. The average Bonchev–Trinajstić information content (AvgIpc) is 3.55. The molecule has 0 N–H and O–H groups in total. The van der Waals surface area contributed by atoms with Crippen molar-refractivity contribution in [1.82, 2.24) is 20.0 Å². The van der Waals surface area contributed by atoms with Gasteiger partial charge in [0.05, 0.1) is 18.5 Å². The van der Waals surface area contributed by atoms with Crippen LogP contribution in [0.1, 0.15) is 59.8 Å². The van der Waals surface area contributed by atoms with E-state index in [9.17, 15) is 4.79 Å². The zero-order valence-electron chi connectivity index (χ0n) is 18.4. The molecule has 0 saturated carbocycles. The van der Waals surface area contributed by atoms with E-state index in [2.05, 4.69) is 46.2 Å². The fraction of sp³-hybridized carbons (Fsp3) is 0.417. The summed E-state index contributed by atoms with van der Waals surface area (Å²) < 4.78 is 11.0. The Kier molecular flexibility index (Phi) is 5.61. The molecular weight excluding hydrogens is 406 g/mol. The third kappa shape index (κ3) is 4.23. The van der Waals surface area contributed by atoms with Gasteiger partial charge in [-0.05, 0) is 57.5 Å². The molecule has 1 aromatic carbocycles. The van der Waals surface area contributed by atoms with Crippen molar-refractivity contribution >= 4 is 11.6 Å². The van der Waals surface area contributed by atoms with Crippen LogP contribution < -0.4 is 0 Å². The fourth-order valence-electron chi connectivity index (χ4n) is 4.44. The van der Waals surface area contributed by atoms with Crippen molar-refractivity contribution < 1.29 is 13.7 Å². The molecule has 2 aliphatic heterocycles. The van der Waals surface area contributed by atoms with E-state index in [1.165, 1.54) is 5.56 Å². The summed E-state index contributed by atoms with van der Waals surface area (Å²) in [4.78, 5) is 19.8. The van der Waals surface area contributed by atoms with Crippen LogP contribution in [-0.4, -0.2) is 51.3 Å². The number of benzene rings is 1. The van der Waals surface area contributed by atoms with Crippen LogP contribution in [0.5, 0.6) is 0 Å². The number of likely N-dealkylation sites (tertiary alicyclic amines) is 1. The first kappa shape index (κ1) is 20.6. The number of hydrazone groups is 1. The van der Waals surface area contributed by atoms with E-state index < -0.39 is 0 Å². The normalized spacial score (nSPS) is 20.0. The van der Waals surface area contributed by atoms with Crippen LogP contribution in [0, 0.1) is 13.8 Å². The van der Waals surface area contributed by atoms with Crippen molar-refractivity contribution in [2.45, 2.75) is 45.1 Å². The first-order chi connectivity index (χ1) is 15.6. The van der Waals surface area contributed by atoms with Crippen molar-refractivity contribution in [1.29, 1.82) is 0 Å². The lowest BCUT2D eigenvalue weighted by Crippen LogP contribution is -2.41. The average molecular weight is 434 g/mol. The van der Waals surface area contributed by atoms with Gasteiger partial charge in [0, 0.05) is 12.3 Å². The third-order valence-corrected chi connectivity index (χ3v) is 6.26. The summed E-state index contributed by atoms with van der Waals surface area (Å²) in [6.07, 6.45) is 4.08. The Labute approximate surface area is 186 Å². The summed E-state index contributed by atoms with van der Waals surface area (Å²) in [6.45, 7) is 5.84. The number of carbonyl (C=O) groups is 1. The number of furan rings is 1. The van der Waals surface area contributed by atoms with E-state index in [-0.39, 0.29) is 17.9 Å². The molecule has 32 heavy (non-hydrogen) atoms. The minimum atomic E-state index is -0.215. The monoisotopic (exact) mass is 433 g/mol. The van der Waals surface area contributed by atoms with Gasteiger partial charge in [-0.1, -0.05) is 35.0 Å². The van der Waals surface area contributed by atoms with Crippen LogP contribution in [-0.2, 0) is 4.79 Å². The largest absolute Gasteiger partial charge is 0.467 e. The van der Waals surface area contributed by atoms with Gasteiger partial charge in [-0.2, -0.15) is 10.1 Å². The van der Waals surface area contributed by atoms with E-state index in [1.54, 1.807) is 11.3 Å². The highest BCUT2D eigenvalue weighted by molar-refractivity contribution is 6.03. The molecule has 1 fully saturated rings. The topological polar surface area (TPSA) is 88.0 Å². The second kappa shape index (κ2) is 8.70. The lowest BCUT2D eigenvalue weighted by atomic mass is 9.97. The standard InChI is InChI=1S/C24H27N5O3/c1-16-5-7-18(8-6-16)20-14-21(22-4-3-13-31-22)29(26-20)23(30)15-28-11-9-19(10-12-28)24-25-17(2)27-32-24/h3-8,13,19,21H,9-12,14-15H2,1-2H3/t21-/m0/s1. The molecule has 1 amide bonds. The zero-order valence-corrected chi connectivity index (χ0v) is 18.4. The first-order valence-electron chi connectivity index (χ1n) is 11.1. The number of carbonyl (C=O) groups excluding carboxylic acids is 1. The fourth-order valence-corrected chi connectivity index (χ4v) is 4.44. The number of hydrogen-bond donors (Lipinski definition) is 0. The number of nitrogens with zero attached hydrogens (tertiary/aromatic N) is 5. The van der Waals surface area contributed by atoms with Gasteiger partial charge in [-0.15, -0.1) is 0 Å². The summed E-state index contributed by atoms with van der Waals surface area (Å²) in [6, 6.07) is 11.8. The summed E-state index contributed by atoms with van der Waals surface area (Å²) >= 11 is 0. The molecular formula is C24H27N5O3. The van der Waals surface area contributed by atoms with Crippen molar-refractivity contribution in [3.8, 4) is 0 Å². The molecule has 0 aliphatic carbocycles. The van der Waals surface area contributed by atoms with Crippen LogP contribution >= 0.6 is 0 Å². The number of rotatable bonds is 5. The summed E-state index contributed by atoms with van der Waals surface area (Å²) in [7, 11) is 0. The molecule has 2 aliphatic rings. The Morgan fingerprint density at radius 1 is 1.12 bits per heavy atom. The van der Waals surface area contributed by atoms with Crippen molar-refractivity contribution in [2.75, 3.05) is 19.6 Å². The van der Waals surface area contributed by atoms with E-state index in [4.69, 9.17) is 14.0 Å². The second-order valence-electron chi connectivity index (χ2n) is 8.62. The highest BCUT2D eigenvalue weighted by atomic mass is 16.5. The molecule has 2 aromatic heterocycles. The number of aromatic nitrogens is 2. The minimum absolute atomic E-state index is 0.0133. The van der Waals surface area contributed by atoms with Gasteiger partial charge in [0.2, 0.25) is 5.89 Å². The van der Waals surface area contributed by atoms with Gasteiger partial charge >= 0.3 is 0 Å². The number of piperidine rings is 1. The molecule has 0 spiro atoms. The first-order valence-corrected chi connectivity index (χ1v) is 11.1. The van der Waals surface area contributed by atoms with Gasteiger partial charge in [0.25, 0.3) is 5.91 Å². The van der Waals surface area contributed by atoms with E-state index in [0.717, 1.165) is 43.0 Å². The predicted octanol–water partition coefficient (Wildman–Crippen LogP) is 3.84. The Hall–Kier alpha value is -3.26. The highest BCUT2D eigenvalue weighted by Gasteiger charge is 2.36. The van der Waals surface area contributed by atoms with Crippen molar-refractivity contribution in [3.05, 3.63) is 71.3 Å². The molecule has 0 unspecified atom stereocenters. The maximum Gasteiger partial charge on any atom is 0.257 e. The Balaban J connectivity index is 1.28. The van der Waals surface area contributed by atoms with Gasteiger partial charge in [-0.3, -0.25) is 9.69 Å². The molecule has 8 heteroatoms. The van der Waals surface area contributed by atoms with Crippen LogP contribution in [0.15, 0.2) is 56.7 Å². The van der Waals surface area contributed by atoms with Crippen LogP contribution in [0.2, 0.25) is 0 Å². The Morgan fingerprint density at radius 3 is 2.56 bits per heavy atom. The zero-order chi connectivity index (χ0) is 22.1. The molecule has 166 valence electrons. The lowest BCUT2D eigenvalue weighted by molar-refractivity contribution is -0.134. The van der Waals surface area contributed by atoms with Crippen LogP contribution in [0.25, 0.3) is 0 Å². The van der Waals surface area contributed by atoms with Crippen LogP contribution in [0.3, 0.4) is 0 Å². The van der Waals surface area contributed by atoms with E-state index >= 15 is 0 Å². The number of hydrogen-bond acceptors (Lipinski definition) is 7. The molecule has 1 saturated heterocycles. The Morgan fingerprint density at radius 2 is 1.91 bits per heavy atom.